The first-order chi connectivity index (χ1) is 11.8. The summed E-state index contributed by atoms with van der Waals surface area (Å²) in [6, 6.07) is 0. The molecule has 25 heavy (non-hydrogen) atoms. The minimum Gasteiger partial charge on any atom is -0.469 e. The van der Waals surface area contributed by atoms with E-state index in [1.54, 1.807) is 0 Å². The van der Waals surface area contributed by atoms with Crippen molar-refractivity contribution >= 4 is 11.9 Å². The van der Waals surface area contributed by atoms with Crippen LogP contribution in [0.1, 0.15) is 52.3 Å². The van der Waals surface area contributed by atoms with E-state index in [9.17, 15) is 4.79 Å². The summed E-state index contributed by atoms with van der Waals surface area (Å²) in [5.41, 5.74) is -0.171. The molecule has 8 heteroatoms. The largest absolute Gasteiger partial charge is 0.469 e. The van der Waals surface area contributed by atoms with E-state index in [0.29, 0.717) is 18.3 Å². The zero-order valence-electron chi connectivity index (χ0n) is 15.8. The molecular formula is C17H29N5O3. The highest BCUT2D eigenvalue weighted by Crippen LogP contribution is 2.20. The number of aromatic nitrogens is 2. The number of piperidine rings is 1. The van der Waals surface area contributed by atoms with Crippen LogP contribution in [0.2, 0.25) is 0 Å². The van der Waals surface area contributed by atoms with Gasteiger partial charge < -0.3 is 19.5 Å². The molecule has 1 aliphatic rings. The number of nitrogens with one attached hydrogen (secondary N) is 1. The van der Waals surface area contributed by atoms with Gasteiger partial charge in [0.15, 0.2) is 11.8 Å². The highest BCUT2D eigenvalue weighted by Gasteiger charge is 2.27. The van der Waals surface area contributed by atoms with Crippen LogP contribution < -0.4 is 5.32 Å². The molecule has 1 aromatic rings. The van der Waals surface area contributed by atoms with Crippen molar-refractivity contribution in [2.24, 2.45) is 10.9 Å². The van der Waals surface area contributed by atoms with E-state index in [1.165, 1.54) is 7.11 Å². The summed E-state index contributed by atoms with van der Waals surface area (Å²) in [5.74, 6) is 1.86. The Kier molecular flexibility index (Phi) is 6.39. The SMILES string of the molecule is CCNC(=NCc1noc(C(C)(C)C)n1)N1CCC(C(=O)OC)CC1. The molecule has 1 fully saturated rings. The predicted octanol–water partition coefficient (Wildman–Crippen LogP) is 1.72. The fourth-order valence-electron chi connectivity index (χ4n) is 2.69. The lowest BCUT2D eigenvalue weighted by Gasteiger charge is -2.33. The second kappa shape index (κ2) is 8.31. The standard InChI is InChI=1S/C17H29N5O3/c1-6-18-16(22-9-7-12(8-10-22)14(23)24-5)19-11-13-20-15(25-21-13)17(2,3)4/h12H,6-11H2,1-5H3,(H,18,19). The summed E-state index contributed by atoms with van der Waals surface area (Å²) >= 11 is 0. The quantitative estimate of drug-likeness (QED) is 0.501. The summed E-state index contributed by atoms with van der Waals surface area (Å²) in [7, 11) is 1.44. The number of hydrogen-bond acceptors (Lipinski definition) is 6. The summed E-state index contributed by atoms with van der Waals surface area (Å²) < 4.78 is 10.1. The van der Waals surface area contributed by atoms with Gasteiger partial charge in [-0.25, -0.2) is 4.99 Å². The Bertz CT molecular complexity index is 598. The van der Waals surface area contributed by atoms with Gasteiger partial charge >= 0.3 is 5.97 Å². The fourth-order valence-corrected chi connectivity index (χ4v) is 2.69. The first-order valence-corrected chi connectivity index (χ1v) is 8.79. The molecule has 1 saturated heterocycles. The third-order valence-electron chi connectivity index (χ3n) is 4.14. The number of ether oxygens (including phenoxy) is 1. The molecule has 0 unspecified atom stereocenters. The lowest BCUT2D eigenvalue weighted by atomic mass is 9.97. The number of hydrogen-bond donors (Lipinski definition) is 1. The van der Waals surface area contributed by atoms with E-state index < -0.39 is 0 Å². The van der Waals surface area contributed by atoms with Crippen molar-refractivity contribution in [2.45, 2.75) is 52.5 Å². The number of carbonyl (C=O) groups is 1. The average Bonchev–Trinajstić information content (AvgIpc) is 3.07. The van der Waals surface area contributed by atoms with Gasteiger partial charge in [-0.3, -0.25) is 4.79 Å². The van der Waals surface area contributed by atoms with Crippen molar-refractivity contribution in [3.05, 3.63) is 11.7 Å². The zero-order chi connectivity index (χ0) is 18.4. The Balaban J connectivity index is 1.99. The second-order valence-electron chi connectivity index (χ2n) is 7.22. The van der Waals surface area contributed by atoms with Gasteiger partial charge in [0.2, 0.25) is 5.89 Å². The van der Waals surface area contributed by atoms with Crippen LogP contribution in [0.3, 0.4) is 0 Å². The van der Waals surface area contributed by atoms with Crippen molar-refractivity contribution in [3.8, 4) is 0 Å². The van der Waals surface area contributed by atoms with Gasteiger partial charge in [-0.05, 0) is 19.8 Å². The lowest BCUT2D eigenvalue weighted by Crippen LogP contribution is -2.46. The van der Waals surface area contributed by atoms with E-state index in [4.69, 9.17) is 9.26 Å². The van der Waals surface area contributed by atoms with Gasteiger partial charge in [0.25, 0.3) is 0 Å². The van der Waals surface area contributed by atoms with Crippen LogP contribution in [-0.2, 0) is 21.5 Å². The molecule has 0 radical (unpaired) electrons. The van der Waals surface area contributed by atoms with Gasteiger partial charge in [0, 0.05) is 25.0 Å². The number of rotatable bonds is 4. The van der Waals surface area contributed by atoms with Gasteiger partial charge in [0.05, 0.1) is 13.0 Å². The lowest BCUT2D eigenvalue weighted by molar-refractivity contribution is -0.146. The van der Waals surface area contributed by atoms with Crippen LogP contribution in [0.25, 0.3) is 0 Å². The molecule has 1 aliphatic heterocycles. The molecule has 0 saturated carbocycles. The minimum atomic E-state index is -0.171. The molecule has 1 aromatic heterocycles. The summed E-state index contributed by atoms with van der Waals surface area (Å²) in [6.45, 7) is 10.8. The van der Waals surface area contributed by atoms with E-state index in [2.05, 4.69) is 25.3 Å². The Morgan fingerprint density at radius 2 is 2.08 bits per heavy atom. The van der Waals surface area contributed by atoms with E-state index >= 15 is 0 Å². The van der Waals surface area contributed by atoms with Crippen molar-refractivity contribution in [1.82, 2.24) is 20.4 Å². The van der Waals surface area contributed by atoms with Crippen molar-refractivity contribution in [2.75, 3.05) is 26.7 Å². The fraction of sp³-hybridized carbons (Fsp3) is 0.765. The third kappa shape index (κ3) is 5.17. The van der Waals surface area contributed by atoms with Gasteiger partial charge in [-0.15, -0.1) is 0 Å². The molecule has 1 N–H and O–H groups in total. The molecule has 140 valence electrons. The summed E-state index contributed by atoms with van der Waals surface area (Å²) in [6.07, 6.45) is 1.54. The highest BCUT2D eigenvalue weighted by molar-refractivity contribution is 5.80. The van der Waals surface area contributed by atoms with Gasteiger partial charge in [0.1, 0.15) is 6.54 Å². The number of carbonyl (C=O) groups excluding carboxylic acids is 1. The Hall–Kier alpha value is -2.12. The van der Waals surface area contributed by atoms with Crippen molar-refractivity contribution in [1.29, 1.82) is 0 Å². The van der Waals surface area contributed by atoms with Gasteiger partial charge in [-0.2, -0.15) is 4.98 Å². The Labute approximate surface area is 149 Å². The molecule has 0 bridgehead atoms. The molecule has 0 aliphatic carbocycles. The average molecular weight is 351 g/mol. The molecule has 2 heterocycles. The zero-order valence-corrected chi connectivity index (χ0v) is 15.8. The maximum Gasteiger partial charge on any atom is 0.308 e. The first-order valence-electron chi connectivity index (χ1n) is 8.79. The number of methoxy groups -OCH3 is 1. The maximum atomic E-state index is 11.6. The minimum absolute atomic E-state index is 0.0179. The van der Waals surface area contributed by atoms with Crippen LogP contribution in [-0.4, -0.2) is 53.7 Å². The smallest absolute Gasteiger partial charge is 0.308 e. The molecule has 0 spiro atoms. The third-order valence-corrected chi connectivity index (χ3v) is 4.14. The van der Waals surface area contributed by atoms with Crippen LogP contribution in [0, 0.1) is 5.92 Å². The normalized spacial score (nSPS) is 16.8. The van der Waals surface area contributed by atoms with Crippen LogP contribution in [0.4, 0.5) is 0 Å². The van der Waals surface area contributed by atoms with Crippen molar-refractivity contribution < 1.29 is 14.1 Å². The Morgan fingerprint density at radius 1 is 1.40 bits per heavy atom. The van der Waals surface area contributed by atoms with E-state index in [1.807, 2.05) is 27.7 Å². The number of likely N-dealkylation sites (tertiary alicyclic amines) is 1. The highest BCUT2D eigenvalue weighted by atomic mass is 16.5. The predicted molar refractivity (Wildman–Crippen MR) is 94.1 cm³/mol. The van der Waals surface area contributed by atoms with Crippen LogP contribution in [0.15, 0.2) is 9.52 Å². The number of aliphatic imine (C=N–C) groups is 1. The van der Waals surface area contributed by atoms with Crippen LogP contribution in [0.5, 0.6) is 0 Å². The molecule has 0 atom stereocenters. The molecule has 2 rings (SSSR count). The summed E-state index contributed by atoms with van der Waals surface area (Å²) in [5, 5.41) is 7.30. The molecule has 0 aromatic carbocycles. The maximum absolute atomic E-state index is 11.6. The topological polar surface area (TPSA) is 92.9 Å². The Morgan fingerprint density at radius 3 is 2.60 bits per heavy atom. The molecule has 8 nitrogen and oxygen atoms in total. The first kappa shape index (κ1) is 19.2. The van der Waals surface area contributed by atoms with E-state index in [-0.39, 0.29) is 17.3 Å². The number of guanidine groups is 1. The van der Waals surface area contributed by atoms with E-state index in [0.717, 1.165) is 38.4 Å². The van der Waals surface area contributed by atoms with Crippen molar-refractivity contribution in [3.63, 3.8) is 0 Å². The summed E-state index contributed by atoms with van der Waals surface area (Å²) in [4.78, 5) is 22.8. The second-order valence-corrected chi connectivity index (χ2v) is 7.22. The monoisotopic (exact) mass is 351 g/mol. The molecule has 0 amide bonds. The molecular weight excluding hydrogens is 322 g/mol. The number of nitrogens with zero attached hydrogens (tertiary/aromatic N) is 4. The van der Waals surface area contributed by atoms with Gasteiger partial charge in [-0.1, -0.05) is 25.9 Å². The number of esters is 1. The van der Waals surface area contributed by atoms with Crippen LogP contribution >= 0.6 is 0 Å².